The standard InChI is InChI=1S/C15H28N4S/c1-12-9-18(5)6-7-19(12)10-13-11-20-14(17-13)8-16-15(2,3)4/h11-12,16H,6-10H2,1-5H3. The molecule has 1 N–H and O–H groups in total. The molecule has 0 bridgehead atoms. The third-order valence-corrected chi connectivity index (χ3v) is 4.60. The van der Waals surface area contributed by atoms with Crippen LogP contribution in [0.5, 0.6) is 0 Å². The Morgan fingerprint density at radius 3 is 2.80 bits per heavy atom. The van der Waals surface area contributed by atoms with E-state index in [9.17, 15) is 0 Å². The maximum absolute atomic E-state index is 4.76. The number of rotatable bonds is 4. The van der Waals surface area contributed by atoms with Crippen LogP contribution in [0.1, 0.15) is 38.4 Å². The predicted octanol–water partition coefficient (Wildman–Crippen LogP) is 2.17. The lowest BCUT2D eigenvalue weighted by Crippen LogP contribution is -2.49. The predicted molar refractivity (Wildman–Crippen MR) is 86.1 cm³/mol. The molecule has 0 aromatic carbocycles. The van der Waals surface area contributed by atoms with Gasteiger partial charge in [-0.15, -0.1) is 11.3 Å². The summed E-state index contributed by atoms with van der Waals surface area (Å²) < 4.78 is 0. The third kappa shape index (κ3) is 4.81. The van der Waals surface area contributed by atoms with Crippen molar-refractivity contribution in [3.05, 3.63) is 16.1 Å². The van der Waals surface area contributed by atoms with E-state index in [1.165, 1.54) is 10.7 Å². The van der Waals surface area contributed by atoms with Crippen LogP contribution in [0, 0.1) is 0 Å². The Morgan fingerprint density at radius 1 is 1.40 bits per heavy atom. The summed E-state index contributed by atoms with van der Waals surface area (Å²) in [6.07, 6.45) is 0. The number of nitrogens with one attached hydrogen (secondary N) is 1. The fourth-order valence-electron chi connectivity index (χ4n) is 2.46. The summed E-state index contributed by atoms with van der Waals surface area (Å²) in [6.45, 7) is 14.2. The quantitative estimate of drug-likeness (QED) is 0.923. The lowest BCUT2D eigenvalue weighted by molar-refractivity contribution is 0.0928. The molecule has 5 heteroatoms. The van der Waals surface area contributed by atoms with Crippen LogP contribution in [0.25, 0.3) is 0 Å². The number of hydrogen-bond donors (Lipinski definition) is 1. The molecule has 1 unspecified atom stereocenters. The van der Waals surface area contributed by atoms with Crippen LogP contribution in [0.3, 0.4) is 0 Å². The summed E-state index contributed by atoms with van der Waals surface area (Å²) in [4.78, 5) is 9.70. The van der Waals surface area contributed by atoms with E-state index in [0.717, 1.165) is 32.7 Å². The molecule has 2 rings (SSSR count). The van der Waals surface area contributed by atoms with E-state index in [2.05, 4.69) is 55.2 Å². The highest BCUT2D eigenvalue weighted by Crippen LogP contribution is 2.16. The van der Waals surface area contributed by atoms with Gasteiger partial charge >= 0.3 is 0 Å². The van der Waals surface area contributed by atoms with E-state index in [0.29, 0.717) is 6.04 Å². The van der Waals surface area contributed by atoms with E-state index >= 15 is 0 Å². The van der Waals surface area contributed by atoms with Crippen LogP contribution in [-0.4, -0.2) is 53.0 Å². The number of nitrogens with zero attached hydrogens (tertiary/aromatic N) is 3. The van der Waals surface area contributed by atoms with Crippen LogP contribution in [0.2, 0.25) is 0 Å². The topological polar surface area (TPSA) is 31.4 Å². The lowest BCUT2D eigenvalue weighted by Gasteiger charge is -2.37. The Bertz CT molecular complexity index is 424. The zero-order chi connectivity index (χ0) is 14.8. The van der Waals surface area contributed by atoms with Gasteiger partial charge in [0.2, 0.25) is 0 Å². The summed E-state index contributed by atoms with van der Waals surface area (Å²) in [7, 11) is 2.20. The van der Waals surface area contributed by atoms with Gasteiger partial charge < -0.3 is 10.2 Å². The van der Waals surface area contributed by atoms with Crippen molar-refractivity contribution in [2.45, 2.75) is 52.4 Å². The van der Waals surface area contributed by atoms with Gasteiger partial charge in [-0.25, -0.2) is 4.98 Å². The van der Waals surface area contributed by atoms with Gasteiger partial charge in [0.15, 0.2) is 0 Å². The second-order valence-corrected chi connectivity index (χ2v) is 7.86. The van der Waals surface area contributed by atoms with Gasteiger partial charge in [-0.3, -0.25) is 4.90 Å². The summed E-state index contributed by atoms with van der Waals surface area (Å²) in [5.74, 6) is 0. The molecule has 4 nitrogen and oxygen atoms in total. The fourth-order valence-corrected chi connectivity index (χ4v) is 3.19. The highest BCUT2D eigenvalue weighted by Gasteiger charge is 2.22. The fraction of sp³-hybridized carbons (Fsp3) is 0.800. The lowest BCUT2D eigenvalue weighted by atomic mass is 10.1. The first kappa shape index (κ1) is 15.9. The summed E-state index contributed by atoms with van der Waals surface area (Å²) in [5.41, 5.74) is 1.37. The van der Waals surface area contributed by atoms with E-state index in [-0.39, 0.29) is 5.54 Å². The van der Waals surface area contributed by atoms with Crippen molar-refractivity contribution < 1.29 is 0 Å². The molecule has 1 fully saturated rings. The first-order valence-corrected chi connectivity index (χ1v) is 8.32. The molecule has 0 radical (unpaired) electrons. The molecule has 0 aliphatic carbocycles. The summed E-state index contributed by atoms with van der Waals surface area (Å²) >= 11 is 1.77. The molecule has 0 amide bonds. The Hall–Kier alpha value is -0.490. The van der Waals surface area contributed by atoms with Gasteiger partial charge in [-0.2, -0.15) is 0 Å². The Morgan fingerprint density at radius 2 is 2.15 bits per heavy atom. The SMILES string of the molecule is CC1CN(C)CCN1Cc1csc(CNC(C)(C)C)n1. The molecule has 1 aliphatic heterocycles. The van der Waals surface area contributed by atoms with Crippen molar-refractivity contribution in [1.82, 2.24) is 20.1 Å². The second kappa shape index (κ2) is 6.52. The van der Waals surface area contributed by atoms with E-state index in [1.807, 2.05) is 0 Å². The van der Waals surface area contributed by atoms with Crippen LogP contribution < -0.4 is 5.32 Å². The van der Waals surface area contributed by atoms with Crippen molar-refractivity contribution in [2.24, 2.45) is 0 Å². The third-order valence-electron chi connectivity index (χ3n) is 3.70. The van der Waals surface area contributed by atoms with Crippen LogP contribution >= 0.6 is 11.3 Å². The van der Waals surface area contributed by atoms with Crippen molar-refractivity contribution in [3.63, 3.8) is 0 Å². The first-order chi connectivity index (χ1) is 9.33. The van der Waals surface area contributed by atoms with Gasteiger partial charge in [0.1, 0.15) is 5.01 Å². The van der Waals surface area contributed by atoms with E-state index in [1.54, 1.807) is 11.3 Å². The molecular formula is C15H28N4S. The number of likely N-dealkylation sites (N-methyl/N-ethyl adjacent to an activating group) is 1. The van der Waals surface area contributed by atoms with Crippen molar-refractivity contribution >= 4 is 11.3 Å². The Balaban J connectivity index is 1.86. The number of piperazine rings is 1. The summed E-state index contributed by atoms with van der Waals surface area (Å²) in [5, 5.41) is 6.90. The maximum atomic E-state index is 4.76. The summed E-state index contributed by atoms with van der Waals surface area (Å²) in [6, 6.07) is 0.617. The average Bonchev–Trinajstić information content (AvgIpc) is 2.77. The van der Waals surface area contributed by atoms with Crippen molar-refractivity contribution in [3.8, 4) is 0 Å². The smallest absolute Gasteiger partial charge is 0.107 e. The Kier molecular flexibility index (Phi) is 5.18. The highest BCUT2D eigenvalue weighted by molar-refractivity contribution is 7.09. The second-order valence-electron chi connectivity index (χ2n) is 6.92. The minimum Gasteiger partial charge on any atom is -0.306 e. The van der Waals surface area contributed by atoms with Gasteiger partial charge in [-0.05, 0) is 34.7 Å². The average molecular weight is 296 g/mol. The van der Waals surface area contributed by atoms with Gasteiger partial charge in [0.25, 0.3) is 0 Å². The van der Waals surface area contributed by atoms with Crippen LogP contribution in [0.4, 0.5) is 0 Å². The molecule has 1 aliphatic rings. The van der Waals surface area contributed by atoms with Gasteiger partial charge in [0.05, 0.1) is 5.69 Å². The van der Waals surface area contributed by atoms with Gasteiger partial charge in [-0.1, -0.05) is 0 Å². The zero-order valence-corrected chi connectivity index (χ0v) is 14.3. The molecular weight excluding hydrogens is 268 g/mol. The molecule has 1 aromatic heterocycles. The normalized spacial score (nSPS) is 22.4. The molecule has 0 saturated carbocycles. The molecule has 0 spiro atoms. The highest BCUT2D eigenvalue weighted by atomic mass is 32.1. The molecule has 20 heavy (non-hydrogen) atoms. The molecule has 1 atom stereocenters. The van der Waals surface area contributed by atoms with E-state index in [4.69, 9.17) is 4.98 Å². The maximum Gasteiger partial charge on any atom is 0.107 e. The largest absolute Gasteiger partial charge is 0.306 e. The number of thiazole rings is 1. The van der Waals surface area contributed by atoms with Crippen LogP contribution in [0.15, 0.2) is 5.38 Å². The Labute approximate surface area is 127 Å². The zero-order valence-electron chi connectivity index (χ0n) is 13.4. The minimum atomic E-state index is 0.151. The number of aromatic nitrogens is 1. The molecule has 2 heterocycles. The molecule has 1 saturated heterocycles. The number of hydrogen-bond acceptors (Lipinski definition) is 5. The van der Waals surface area contributed by atoms with E-state index < -0.39 is 0 Å². The van der Waals surface area contributed by atoms with Crippen LogP contribution in [-0.2, 0) is 13.1 Å². The first-order valence-electron chi connectivity index (χ1n) is 7.44. The monoisotopic (exact) mass is 296 g/mol. The van der Waals surface area contributed by atoms with Crippen molar-refractivity contribution in [2.75, 3.05) is 26.7 Å². The van der Waals surface area contributed by atoms with Gasteiger partial charge in [0, 0.05) is 49.7 Å². The molecule has 114 valence electrons. The van der Waals surface area contributed by atoms with Crippen molar-refractivity contribution in [1.29, 1.82) is 0 Å². The minimum absolute atomic E-state index is 0.151. The molecule has 1 aromatic rings.